The van der Waals surface area contributed by atoms with Gasteiger partial charge in [-0.15, -0.1) is 11.3 Å². The van der Waals surface area contributed by atoms with Crippen LogP contribution < -0.4 is 10.6 Å². The van der Waals surface area contributed by atoms with Crippen LogP contribution in [0.25, 0.3) is 0 Å². The lowest BCUT2D eigenvalue weighted by Crippen LogP contribution is -2.35. The van der Waals surface area contributed by atoms with E-state index in [4.69, 9.17) is 4.74 Å². The zero-order chi connectivity index (χ0) is 29.9. The van der Waals surface area contributed by atoms with Crippen LogP contribution in [-0.4, -0.2) is 61.8 Å². The fourth-order valence-electron chi connectivity index (χ4n) is 5.39. The van der Waals surface area contributed by atoms with Crippen LogP contribution in [0.1, 0.15) is 62.6 Å². The van der Waals surface area contributed by atoms with E-state index in [0.717, 1.165) is 41.1 Å². The van der Waals surface area contributed by atoms with Crippen LogP contribution in [0.2, 0.25) is 0 Å². The number of sulfonamides is 1. The quantitative estimate of drug-likeness (QED) is 0.387. The lowest BCUT2D eigenvalue weighted by Gasteiger charge is -2.28. The maximum atomic E-state index is 13.3. The number of hydrogen-bond acceptors (Lipinski definition) is 8. The van der Waals surface area contributed by atoms with Gasteiger partial charge in [0, 0.05) is 36.6 Å². The number of thiophene rings is 1. The van der Waals surface area contributed by atoms with Crippen LogP contribution in [0.3, 0.4) is 0 Å². The van der Waals surface area contributed by atoms with E-state index in [1.807, 2.05) is 24.3 Å². The number of alkyl carbamates (subject to hydrolysis) is 1. The first-order valence-corrected chi connectivity index (χ1v) is 16.3. The Hall–Kier alpha value is -3.58. The van der Waals surface area contributed by atoms with Crippen LogP contribution >= 0.6 is 11.3 Å². The second-order valence-electron chi connectivity index (χ2n) is 10.2. The molecule has 0 spiro atoms. The van der Waals surface area contributed by atoms with Crippen molar-refractivity contribution in [1.82, 2.24) is 14.5 Å². The van der Waals surface area contributed by atoms with Crippen molar-refractivity contribution in [3.63, 3.8) is 0 Å². The fraction of sp³-hybridized carbons (Fsp3) is 0.367. The molecule has 3 amide bonds. The Morgan fingerprint density at radius 2 is 1.67 bits per heavy atom. The number of nitrogens with one attached hydrogen (secondary N) is 2. The van der Waals surface area contributed by atoms with Crippen LogP contribution in [0.15, 0.2) is 53.4 Å². The standard InChI is InChI=1S/C30H34N4O6S2/c1-3-15-33-16-14-24-25(19-33)41-29(26(24)28(36)32-30(37)40-4-2)31-27(35)21-9-11-23(12-10-21)42(38,39)34-17-13-20-7-5-6-8-22(20)18-34/h5-12H,3-4,13-19H2,1-2H3,(H,31,35)(H,32,36,37). The van der Waals surface area contributed by atoms with Gasteiger partial charge < -0.3 is 10.1 Å². The third-order valence-corrected chi connectivity index (χ3v) is 10.5. The summed E-state index contributed by atoms with van der Waals surface area (Å²) in [6.07, 6.45) is 1.40. The number of carbonyl (C=O) groups excluding carboxylic acids is 3. The molecule has 0 aliphatic carbocycles. The molecule has 222 valence electrons. The molecule has 2 N–H and O–H groups in total. The minimum Gasteiger partial charge on any atom is -0.450 e. The van der Waals surface area contributed by atoms with Crippen LogP contribution in [0.5, 0.6) is 0 Å². The molecule has 2 aliphatic rings. The molecule has 1 aromatic heterocycles. The van der Waals surface area contributed by atoms with Gasteiger partial charge in [0.1, 0.15) is 5.00 Å². The van der Waals surface area contributed by atoms with E-state index >= 15 is 0 Å². The highest BCUT2D eigenvalue weighted by molar-refractivity contribution is 7.89. The van der Waals surface area contributed by atoms with E-state index in [9.17, 15) is 22.8 Å². The van der Waals surface area contributed by atoms with E-state index in [0.29, 0.717) is 37.5 Å². The lowest BCUT2D eigenvalue weighted by atomic mass is 10.0. The first-order valence-electron chi connectivity index (χ1n) is 14.0. The summed E-state index contributed by atoms with van der Waals surface area (Å²) in [5.41, 5.74) is 3.46. The molecular formula is C30H34N4O6S2. The first kappa shape index (κ1) is 29.9. The van der Waals surface area contributed by atoms with Gasteiger partial charge in [0.2, 0.25) is 10.0 Å². The van der Waals surface area contributed by atoms with E-state index in [2.05, 4.69) is 22.5 Å². The molecule has 0 saturated carbocycles. The SMILES string of the molecule is CCCN1CCc2c(sc(NC(=O)c3ccc(S(=O)(=O)N4CCc5ccccc5C4)cc3)c2C(=O)NC(=O)OCC)C1. The van der Waals surface area contributed by atoms with Crippen molar-refractivity contribution < 1.29 is 27.5 Å². The average Bonchev–Trinajstić information content (AvgIpc) is 3.34. The van der Waals surface area contributed by atoms with E-state index in [-0.39, 0.29) is 22.6 Å². The highest BCUT2D eigenvalue weighted by atomic mass is 32.2. The third-order valence-electron chi connectivity index (χ3n) is 7.47. The maximum Gasteiger partial charge on any atom is 0.414 e. The summed E-state index contributed by atoms with van der Waals surface area (Å²) >= 11 is 1.31. The normalized spacial score (nSPS) is 15.4. The zero-order valence-electron chi connectivity index (χ0n) is 23.6. The summed E-state index contributed by atoms with van der Waals surface area (Å²) in [7, 11) is -3.75. The summed E-state index contributed by atoms with van der Waals surface area (Å²) in [6, 6.07) is 13.6. The number of nitrogens with zero attached hydrogens (tertiary/aromatic N) is 2. The molecule has 0 bridgehead atoms. The van der Waals surface area contributed by atoms with Crippen LogP contribution in [0, 0.1) is 0 Å². The van der Waals surface area contributed by atoms with Crippen molar-refractivity contribution in [3.8, 4) is 0 Å². The second kappa shape index (κ2) is 12.7. The smallest absolute Gasteiger partial charge is 0.414 e. The summed E-state index contributed by atoms with van der Waals surface area (Å²) in [5.74, 6) is -1.12. The number of anilines is 1. The number of rotatable bonds is 8. The molecule has 0 unspecified atom stereocenters. The highest BCUT2D eigenvalue weighted by Gasteiger charge is 2.31. The molecule has 0 saturated heterocycles. The molecule has 3 aromatic rings. The molecule has 10 nitrogen and oxygen atoms in total. The van der Waals surface area contributed by atoms with Gasteiger partial charge in [-0.25, -0.2) is 13.2 Å². The maximum absolute atomic E-state index is 13.3. The molecule has 0 fully saturated rings. The number of amides is 3. The van der Waals surface area contributed by atoms with Crippen molar-refractivity contribution in [2.24, 2.45) is 0 Å². The van der Waals surface area contributed by atoms with Crippen molar-refractivity contribution in [1.29, 1.82) is 0 Å². The third kappa shape index (κ3) is 6.26. The van der Waals surface area contributed by atoms with Crippen molar-refractivity contribution in [2.75, 3.05) is 31.6 Å². The van der Waals surface area contributed by atoms with Crippen molar-refractivity contribution >= 4 is 44.3 Å². The molecule has 5 rings (SSSR count). The minimum atomic E-state index is -3.75. The Labute approximate surface area is 249 Å². The predicted molar refractivity (Wildman–Crippen MR) is 160 cm³/mol. The van der Waals surface area contributed by atoms with Crippen LogP contribution in [0.4, 0.5) is 9.80 Å². The largest absolute Gasteiger partial charge is 0.450 e. The number of benzene rings is 2. The van der Waals surface area contributed by atoms with Gasteiger partial charge in [-0.1, -0.05) is 31.2 Å². The van der Waals surface area contributed by atoms with E-state index in [1.165, 1.54) is 39.9 Å². The Morgan fingerprint density at radius 3 is 2.38 bits per heavy atom. The van der Waals surface area contributed by atoms with Gasteiger partial charge in [0.05, 0.1) is 17.1 Å². The molecule has 2 aliphatic heterocycles. The monoisotopic (exact) mass is 610 g/mol. The van der Waals surface area contributed by atoms with Gasteiger partial charge in [0.25, 0.3) is 11.8 Å². The predicted octanol–water partition coefficient (Wildman–Crippen LogP) is 4.40. The van der Waals surface area contributed by atoms with Gasteiger partial charge in [-0.05, 0) is 73.7 Å². The molecule has 3 heterocycles. The van der Waals surface area contributed by atoms with Crippen molar-refractivity contribution in [2.45, 2.75) is 51.1 Å². The molecule has 0 radical (unpaired) electrons. The van der Waals surface area contributed by atoms with Gasteiger partial charge >= 0.3 is 6.09 Å². The minimum absolute atomic E-state index is 0.107. The first-order chi connectivity index (χ1) is 20.2. The molecular weight excluding hydrogens is 576 g/mol. The number of carbonyl (C=O) groups is 3. The molecule has 2 aromatic carbocycles. The van der Waals surface area contributed by atoms with Gasteiger partial charge in [0.15, 0.2) is 0 Å². The summed E-state index contributed by atoms with van der Waals surface area (Å²) < 4.78 is 33.0. The Kier molecular flexibility index (Phi) is 9.07. The zero-order valence-corrected chi connectivity index (χ0v) is 25.3. The highest BCUT2D eigenvalue weighted by Crippen LogP contribution is 2.37. The van der Waals surface area contributed by atoms with Gasteiger partial charge in [-0.2, -0.15) is 4.31 Å². The number of imide groups is 1. The Morgan fingerprint density at radius 1 is 0.929 bits per heavy atom. The fourth-order valence-corrected chi connectivity index (χ4v) is 8.09. The number of fused-ring (bicyclic) bond motifs is 2. The molecule has 0 atom stereocenters. The topological polar surface area (TPSA) is 125 Å². The molecule has 12 heteroatoms. The van der Waals surface area contributed by atoms with E-state index < -0.39 is 27.9 Å². The Bertz CT molecular complexity index is 1600. The Balaban J connectivity index is 1.35. The molecule has 42 heavy (non-hydrogen) atoms. The number of ether oxygens (including phenoxy) is 1. The second-order valence-corrected chi connectivity index (χ2v) is 13.3. The van der Waals surface area contributed by atoms with Crippen molar-refractivity contribution in [3.05, 3.63) is 81.2 Å². The van der Waals surface area contributed by atoms with Crippen LogP contribution in [-0.2, 0) is 40.7 Å². The summed E-state index contributed by atoms with van der Waals surface area (Å²) in [5, 5.41) is 5.43. The van der Waals surface area contributed by atoms with E-state index in [1.54, 1.807) is 6.92 Å². The summed E-state index contributed by atoms with van der Waals surface area (Å²) in [6.45, 7) is 6.89. The average molecular weight is 611 g/mol. The number of hydrogen-bond donors (Lipinski definition) is 2. The summed E-state index contributed by atoms with van der Waals surface area (Å²) in [4.78, 5) is 41.8. The lowest BCUT2D eigenvalue weighted by molar-refractivity contribution is 0.0924. The van der Waals surface area contributed by atoms with Gasteiger partial charge in [-0.3, -0.25) is 19.8 Å².